The number of hydrogen-bond donors (Lipinski definition) is 0. The molecule has 0 aliphatic carbocycles. The van der Waals surface area contributed by atoms with Gasteiger partial charge in [0, 0.05) is 10.9 Å². The minimum Gasteiger partial charge on any atom is -0.482 e. The Kier molecular flexibility index (Phi) is 3.78. The number of carbonyl (C=O) groups excluding carboxylic acids is 1. The standard InChI is InChI=1S/C19H16N2O2S/c1-13-4-2-3-5-15(13)9-21-17-8-14(16-11-24-12-20-16)6-7-18(17)23-10-19(21)22/h2-8,11-12H,9-10H2,1H3. The highest BCUT2D eigenvalue weighted by Crippen LogP contribution is 2.37. The van der Waals surface area contributed by atoms with Crippen LogP contribution < -0.4 is 9.64 Å². The van der Waals surface area contributed by atoms with E-state index in [9.17, 15) is 4.79 Å². The quantitative estimate of drug-likeness (QED) is 0.725. The average molecular weight is 336 g/mol. The fourth-order valence-electron chi connectivity index (χ4n) is 2.85. The average Bonchev–Trinajstić information content (AvgIpc) is 3.13. The van der Waals surface area contributed by atoms with Crippen molar-refractivity contribution in [2.45, 2.75) is 13.5 Å². The second-order valence-electron chi connectivity index (χ2n) is 5.75. The Hall–Kier alpha value is -2.66. The van der Waals surface area contributed by atoms with Crippen molar-refractivity contribution in [1.29, 1.82) is 0 Å². The summed E-state index contributed by atoms with van der Waals surface area (Å²) in [5, 5.41) is 2.00. The van der Waals surface area contributed by atoms with Gasteiger partial charge in [-0.3, -0.25) is 4.79 Å². The highest BCUT2D eigenvalue weighted by Gasteiger charge is 2.26. The van der Waals surface area contributed by atoms with Gasteiger partial charge in [-0.05, 0) is 36.2 Å². The van der Waals surface area contributed by atoms with E-state index in [1.165, 1.54) is 5.56 Å². The summed E-state index contributed by atoms with van der Waals surface area (Å²) in [7, 11) is 0. The van der Waals surface area contributed by atoms with Crippen LogP contribution in [-0.2, 0) is 11.3 Å². The molecule has 0 N–H and O–H groups in total. The van der Waals surface area contributed by atoms with Crippen LogP contribution in [0.1, 0.15) is 11.1 Å². The van der Waals surface area contributed by atoms with Crippen LogP contribution in [0.4, 0.5) is 5.69 Å². The number of aryl methyl sites for hydroxylation is 1. The number of thiazole rings is 1. The molecule has 0 fully saturated rings. The summed E-state index contributed by atoms with van der Waals surface area (Å²) in [4.78, 5) is 18.6. The molecule has 120 valence electrons. The van der Waals surface area contributed by atoms with Crippen molar-refractivity contribution in [1.82, 2.24) is 4.98 Å². The Morgan fingerprint density at radius 2 is 2.12 bits per heavy atom. The van der Waals surface area contributed by atoms with E-state index >= 15 is 0 Å². The summed E-state index contributed by atoms with van der Waals surface area (Å²) in [6.07, 6.45) is 0. The van der Waals surface area contributed by atoms with Crippen LogP contribution in [0.2, 0.25) is 0 Å². The van der Waals surface area contributed by atoms with Crippen LogP contribution in [0.3, 0.4) is 0 Å². The van der Waals surface area contributed by atoms with Gasteiger partial charge in [0.15, 0.2) is 6.61 Å². The lowest BCUT2D eigenvalue weighted by atomic mass is 10.1. The summed E-state index contributed by atoms with van der Waals surface area (Å²) < 4.78 is 5.60. The predicted molar refractivity (Wildman–Crippen MR) is 95.4 cm³/mol. The van der Waals surface area contributed by atoms with Gasteiger partial charge in [0.05, 0.1) is 23.4 Å². The number of benzene rings is 2. The maximum absolute atomic E-state index is 12.5. The Balaban J connectivity index is 1.75. The highest BCUT2D eigenvalue weighted by atomic mass is 32.1. The van der Waals surface area contributed by atoms with E-state index in [0.29, 0.717) is 6.54 Å². The van der Waals surface area contributed by atoms with Crippen LogP contribution in [-0.4, -0.2) is 17.5 Å². The number of fused-ring (bicyclic) bond motifs is 1. The third-order valence-electron chi connectivity index (χ3n) is 4.22. The Labute approximate surface area is 144 Å². The number of ether oxygens (including phenoxy) is 1. The number of hydrogen-bond acceptors (Lipinski definition) is 4. The van der Waals surface area contributed by atoms with Gasteiger partial charge in [-0.15, -0.1) is 11.3 Å². The zero-order valence-corrected chi connectivity index (χ0v) is 14.0. The van der Waals surface area contributed by atoms with Gasteiger partial charge in [0.2, 0.25) is 0 Å². The lowest BCUT2D eigenvalue weighted by Crippen LogP contribution is -2.38. The highest BCUT2D eigenvalue weighted by molar-refractivity contribution is 7.07. The second kappa shape index (κ2) is 6.09. The van der Waals surface area contributed by atoms with Gasteiger partial charge in [0.1, 0.15) is 5.75 Å². The first-order valence-corrected chi connectivity index (χ1v) is 8.67. The molecule has 2 heterocycles. The zero-order valence-electron chi connectivity index (χ0n) is 13.2. The molecule has 3 aromatic rings. The van der Waals surface area contributed by atoms with Gasteiger partial charge in [-0.25, -0.2) is 4.98 Å². The number of anilines is 1. The van der Waals surface area contributed by atoms with Crippen molar-refractivity contribution in [3.8, 4) is 17.0 Å². The molecule has 4 rings (SSSR count). The molecule has 0 spiro atoms. The maximum Gasteiger partial charge on any atom is 0.265 e. The lowest BCUT2D eigenvalue weighted by Gasteiger charge is -2.30. The third-order valence-corrected chi connectivity index (χ3v) is 4.81. The number of nitrogens with zero attached hydrogens (tertiary/aromatic N) is 2. The van der Waals surface area contributed by atoms with Crippen LogP contribution >= 0.6 is 11.3 Å². The molecule has 0 radical (unpaired) electrons. The lowest BCUT2D eigenvalue weighted by molar-refractivity contribution is -0.121. The second-order valence-corrected chi connectivity index (χ2v) is 6.47. The summed E-state index contributed by atoms with van der Waals surface area (Å²) in [5.41, 5.74) is 6.83. The first kappa shape index (κ1) is 14.9. The molecule has 5 heteroatoms. The number of aromatic nitrogens is 1. The van der Waals surface area contributed by atoms with Crippen molar-refractivity contribution in [2.24, 2.45) is 0 Å². The van der Waals surface area contributed by atoms with Gasteiger partial charge in [0.25, 0.3) is 5.91 Å². The van der Waals surface area contributed by atoms with Gasteiger partial charge >= 0.3 is 0 Å². The molecule has 0 atom stereocenters. The Morgan fingerprint density at radius 1 is 1.25 bits per heavy atom. The molecule has 24 heavy (non-hydrogen) atoms. The third kappa shape index (κ3) is 2.67. The Morgan fingerprint density at radius 3 is 2.92 bits per heavy atom. The number of rotatable bonds is 3. The van der Waals surface area contributed by atoms with Crippen molar-refractivity contribution in [2.75, 3.05) is 11.5 Å². The van der Waals surface area contributed by atoms with Crippen molar-refractivity contribution in [3.05, 3.63) is 64.5 Å². The topological polar surface area (TPSA) is 42.4 Å². The first-order chi connectivity index (χ1) is 11.7. The van der Waals surface area contributed by atoms with E-state index in [0.717, 1.165) is 28.3 Å². The van der Waals surface area contributed by atoms with Crippen molar-refractivity contribution < 1.29 is 9.53 Å². The van der Waals surface area contributed by atoms with E-state index in [-0.39, 0.29) is 12.5 Å². The van der Waals surface area contributed by atoms with E-state index in [2.05, 4.69) is 24.0 Å². The molecule has 0 saturated carbocycles. The molecular weight excluding hydrogens is 320 g/mol. The predicted octanol–water partition coefficient (Wildman–Crippen LogP) is 4.04. The molecule has 0 unspecified atom stereocenters. The smallest absolute Gasteiger partial charge is 0.265 e. The van der Waals surface area contributed by atoms with E-state index < -0.39 is 0 Å². The summed E-state index contributed by atoms with van der Waals surface area (Å²) in [5.74, 6) is 0.711. The fraction of sp³-hybridized carbons (Fsp3) is 0.158. The van der Waals surface area contributed by atoms with Gasteiger partial charge in [-0.2, -0.15) is 0 Å². The summed E-state index contributed by atoms with van der Waals surface area (Å²) in [6.45, 7) is 2.68. The van der Waals surface area contributed by atoms with Gasteiger partial charge < -0.3 is 9.64 Å². The minimum atomic E-state index is -0.0267. The minimum absolute atomic E-state index is 0.0267. The number of carbonyl (C=O) groups is 1. The molecule has 1 aromatic heterocycles. The molecule has 1 amide bonds. The maximum atomic E-state index is 12.5. The molecule has 4 nitrogen and oxygen atoms in total. The SMILES string of the molecule is Cc1ccccc1CN1C(=O)COc2ccc(-c3cscn3)cc21. The van der Waals surface area contributed by atoms with Gasteiger partial charge in [-0.1, -0.05) is 24.3 Å². The van der Waals surface area contributed by atoms with Crippen LogP contribution in [0.5, 0.6) is 5.75 Å². The van der Waals surface area contributed by atoms with E-state index in [1.54, 1.807) is 16.2 Å². The normalized spacial score (nSPS) is 13.5. The summed E-state index contributed by atoms with van der Waals surface area (Å²) in [6, 6.07) is 14.0. The molecule has 0 bridgehead atoms. The van der Waals surface area contributed by atoms with E-state index in [1.807, 2.05) is 41.2 Å². The largest absolute Gasteiger partial charge is 0.482 e. The number of amides is 1. The Bertz CT molecular complexity index is 890. The molecule has 1 aliphatic rings. The fourth-order valence-corrected chi connectivity index (χ4v) is 3.41. The van der Waals surface area contributed by atoms with Crippen LogP contribution in [0, 0.1) is 6.92 Å². The van der Waals surface area contributed by atoms with Crippen molar-refractivity contribution in [3.63, 3.8) is 0 Å². The molecular formula is C19H16N2O2S. The van der Waals surface area contributed by atoms with Crippen LogP contribution in [0.25, 0.3) is 11.3 Å². The zero-order chi connectivity index (χ0) is 16.5. The van der Waals surface area contributed by atoms with Crippen LogP contribution in [0.15, 0.2) is 53.4 Å². The monoisotopic (exact) mass is 336 g/mol. The molecule has 1 aliphatic heterocycles. The van der Waals surface area contributed by atoms with E-state index in [4.69, 9.17) is 4.74 Å². The molecule has 0 saturated heterocycles. The first-order valence-electron chi connectivity index (χ1n) is 7.72. The van der Waals surface area contributed by atoms with Crippen molar-refractivity contribution >= 4 is 22.9 Å². The summed E-state index contributed by atoms with van der Waals surface area (Å²) >= 11 is 1.55. The molecule has 2 aromatic carbocycles.